The Hall–Kier alpha value is -2.78. The van der Waals surface area contributed by atoms with Crippen molar-refractivity contribution in [3.8, 4) is 17.2 Å². The molecule has 2 aromatic carbocycles. The van der Waals surface area contributed by atoms with Crippen molar-refractivity contribution in [2.24, 2.45) is 0 Å². The number of carbonyl (C=O) groups excluding carboxylic acids is 1. The average Bonchev–Trinajstić information content (AvgIpc) is 2.71. The van der Waals surface area contributed by atoms with Crippen LogP contribution < -0.4 is 19.5 Å². The van der Waals surface area contributed by atoms with E-state index in [1.807, 2.05) is 0 Å². The summed E-state index contributed by atoms with van der Waals surface area (Å²) in [6, 6.07) is 11.3. The topological polar surface area (TPSA) is 94.2 Å². The summed E-state index contributed by atoms with van der Waals surface area (Å²) in [7, 11) is 2.09. The van der Waals surface area contributed by atoms with Gasteiger partial charge < -0.3 is 19.5 Å². The van der Waals surface area contributed by atoms with Gasteiger partial charge in [0.05, 0.1) is 44.9 Å². The Bertz CT molecular complexity index is 890. The lowest BCUT2D eigenvalue weighted by Crippen LogP contribution is -2.38. The number of hydrogen-bond donors (Lipinski definition) is 1. The Labute approximate surface area is 165 Å². The van der Waals surface area contributed by atoms with Gasteiger partial charge in [-0.05, 0) is 36.4 Å². The zero-order chi connectivity index (χ0) is 20.7. The standard InChI is InChI=1S/C19H24N2O6S/c1-21(28(23,24)15-10-8-14(25-2)9-11-15)13-19(22)20-12-16-17(26-3)6-5-7-18(16)27-4/h5-11H,12-13H2,1-4H3,(H,20,22). The molecule has 152 valence electrons. The molecule has 0 radical (unpaired) electrons. The molecule has 8 nitrogen and oxygen atoms in total. The van der Waals surface area contributed by atoms with E-state index in [0.29, 0.717) is 22.8 Å². The molecule has 0 saturated heterocycles. The minimum Gasteiger partial charge on any atom is -0.497 e. The number of nitrogens with zero attached hydrogens (tertiary/aromatic N) is 1. The summed E-state index contributed by atoms with van der Waals surface area (Å²) in [5, 5.41) is 2.70. The van der Waals surface area contributed by atoms with Crippen LogP contribution in [0, 0.1) is 0 Å². The molecule has 0 heterocycles. The van der Waals surface area contributed by atoms with Crippen molar-refractivity contribution in [2.75, 3.05) is 34.9 Å². The predicted octanol–water partition coefficient (Wildman–Crippen LogP) is 1.65. The molecule has 0 aliphatic rings. The Kier molecular flexibility index (Phi) is 7.24. The van der Waals surface area contributed by atoms with Gasteiger partial charge in [-0.1, -0.05) is 6.07 Å². The highest BCUT2D eigenvalue weighted by molar-refractivity contribution is 7.89. The van der Waals surface area contributed by atoms with Gasteiger partial charge in [-0.3, -0.25) is 4.79 Å². The molecule has 9 heteroatoms. The molecule has 2 aromatic rings. The molecule has 0 unspecified atom stereocenters. The monoisotopic (exact) mass is 408 g/mol. The van der Waals surface area contributed by atoms with Gasteiger partial charge in [0.15, 0.2) is 0 Å². The quantitative estimate of drug-likeness (QED) is 0.678. The van der Waals surface area contributed by atoms with Crippen molar-refractivity contribution in [2.45, 2.75) is 11.4 Å². The van der Waals surface area contributed by atoms with Gasteiger partial charge in [-0.15, -0.1) is 0 Å². The number of benzene rings is 2. The van der Waals surface area contributed by atoms with Gasteiger partial charge in [0, 0.05) is 7.05 Å². The third-order valence-electron chi connectivity index (χ3n) is 4.13. The number of carbonyl (C=O) groups is 1. The molecule has 0 aromatic heterocycles. The fourth-order valence-corrected chi connectivity index (χ4v) is 3.69. The molecule has 28 heavy (non-hydrogen) atoms. The number of hydrogen-bond acceptors (Lipinski definition) is 6. The van der Waals surface area contributed by atoms with E-state index in [2.05, 4.69) is 5.32 Å². The number of ether oxygens (including phenoxy) is 3. The van der Waals surface area contributed by atoms with E-state index in [1.165, 1.54) is 40.5 Å². The van der Waals surface area contributed by atoms with E-state index in [1.54, 1.807) is 30.3 Å². The first kappa shape index (κ1) is 21.5. The van der Waals surface area contributed by atoms with Gasteiger partial charge in [0.25, 0.3) is 0 Å². The van der Waals surface area contributed by atoms with Crippen LogP contribution >= 0.6 is 0 Å². The summed E-state index contributed by atoms with van der Waals surface area (Å²) in [6.45, 7) is -0.186. The lowest BCUT2D eigenvalue weighted by molar-refractivity contribution is -0.121. The van der Waals surface area contributed by atoms with Gasteiger partial charge in [0.2, 0.25) is 15.9 Å². The highest BCUT2D eigenvalue weighted by Crippen LogP contribution is 2.27. The Balaban J connectivity index is 2.04. The molecule has 0 bridgehead atoms. The minimum absolute atomic E-state index is 0.0787. The van der Waals surface area contributed by atoms with E-state index in [4.69, 9.17) is 14.2 Å². The smallest absolute Gasteiger partial charge is 0.243 e. The SMILES string of the molecule is COc1ccc(S(=O)(=O)N(C)CC(=O)NCc2c(OC)cccc2OC)cc1. The molecule has 0 saturated carbocycles. The molecule has 0 aliphatic heterocycles. The molecule has 0 aliphatic carbocycles. The maximum absolute atomic E-state index is 12.6. The third-order valence-corrected chi connectivity index (χ3v) is 5.94. The fraction of sp³-hybridized carbons (Fsp3) is 0.316. The summed E-state index contributed by atoms with van der Waals surface area (Å²) >= 11 is 0. The number of rotatable bonds is 9. The van der Waals surface area contributed by atoms with Crippen molar-refractivity contribution in [3.05, 3.63) is 48.0 Å². The molecule has 0 fully saturated rings. The first-order valence-electron chi connectivity index (χ1n) is 8.40. The lowest BCUT2D eigenvalue weighted by Gasteiger charge is -2.18. The highest BCUT2D eigenvalue weighted by Gasteiger charge is 2.23. The summed E-state index contributed by atoms with van der Waals surface area (Å²) in [6.07, 6.45) is 0. The van der Waals surface area contributed by atoms with Crippen molar-refractivity contribution in [1.82, 2.24) is 9.62 Å². The fourth-order valence-electron chi connectivity index (χ4n) is 2.56. The first-order chi connectivity index (χ1) is 13.3. The summed E-state index contributed by atoms with van der Waals surface area (Å²) in [5.41, 5.74) is 0.668. The second kappa shape index (κ2) is 9.43. The molecular weight excluding hydrogens is 384 g/mol. The third kappa shape index (κ3) is 4.93. The van der Waals surface area contributed by atoms with E-state index in [-0.39, 0.29) is 18.0 Å². The number of methoxy groups -OCH3 is 3. The maximum Gasteiger partial charge on any atom is 0.243 e. The van der Waals surface area contributed by atoms with Crippen LogP contribution in [0.25, 0.3) is 0 Å². The van der Waals surface area contributed by atoms with Gasteiger partial charge in [0.1, 0.15) is 17.2 Å². The summed E-state index contributed by atoms with van der Waals surface area (Å²) in [5.74, 6) is 1.23. The van der Waals surface area contributed by atoms with Crippen LogP contribution in [0.15, 0.2) is 47.4 Å². The Morgan fingerprint density at radius 2 is 1.54 bits per heavy atom. The van der Waals surface area contributed by atoms with E-state index in [9.17, 15) is 13.2 Å². The molecule has 2 rings (SSSR count). The van der Waals surface area contributed by atoms with Crippen molar-refractivity contribution in [3.63, 3.8) is 0 Å². The van der Waals surface area contributed by atoms with Crippen LogP contribution in [0.1, 0.15) is 5.56 Å². The van der Waals surface area contributed by atoms with Crippen molar-refractivity contribution < 1.29 is 27.4 Å². The van der Waals surface area contributed by atoms with Gasteiger partial charge in [-0.2, -0.15) is 4.31 Å². The molecule has 1 amide bonds. The molecule has 1 N–H and O–H groups in total. The number of likely N-dealkylation sites (N-methyl/N-ethyl adjacent to an activating group) is 1. The Morgan fingerprint density at radius 3 is 2.04 bits per heavy atom. The van der Waals surface area contributed by atoms with E-state index in [0.717, 1.165) is 4.31 Å². The van der Waals surface area contributed by atoms with Crippen LogP contribution in [0.4, 0.5) is 0 Å². The Morgan fingerprint density at radius 1 is 0.964 bits per heavy atom. The summed E-state index contributed by atoms with van der Waals surface area (Å²) in [4.78, 5) is 12.4. The predicted molar refractivity (Wildman–Crippen MR) is 104 cm³/mol. The lowest BCUT2D eigenvalue weighted by atomic mass is 10.1. The molecule has 0 spiro atoms. The second-order valence-corrected chi connectivity index (χ2v) is 7.90. The molecular formula is C19H24N2O6S. The maximum atomic E-state index is 12.6. The summed E-state index contributed by atoms with van der Waals surface area (Å²) < 4.78 is 41.8. The largest absolute Gasteiger partial charge is 0.497 e. The normalized spacial score (nSPS) is 11.2. The number of sulfonamides is 1. The van der Waals surface area contributed by atoms with Gasteiger partial charge >= 0.3 is 0 Å². The van der Waals surface area contributed by atoms with Crippen LogP contribution in [0.2, 0.25) is 0 Å². The van der Waals surface area contributed by atoms with E-state index >= 15 is 0 Å². The average molecular weight is 408 g/mol. The van der Waals surface area contributed by atoms with Crippen LogP contribution in [0.3, 0.4) is 0 Å². The second-order valence-electron chi connectivity index (χ2n) is 5.85. The van der Waals surface area contributed by atoms with Crippen LogP contribution in [0.5, 0.6) is 17.2 Å². The van der Waals surface area contributed by atoms with E-state index < -0.39 is 15.9 Å². The first-order valence-corrected chi connectivity index (χ1v) is 9.84. The van der Waals surface area contributed by atoms with Crippen molar-refractivity contribution >= 4 is 15.9 Å². The minimum atomic E-state index is -3.80. The zero-order valence-corrected chi connectivity index (χ0v) is 17.1. The highest BCUT2D eigenvalue weighted by atomic mass is 32.2. The number of nitrogens with one attached hydrogen (secondary N) is 1. The van der Waals surface area contributed by atoms with Crippen LogP contribution in [-0.2, 0) is 21.4 Å². The van der Waals surface area contributed by atoms with Crippen LogP contribution in [-0.4, -0.2) is 53.6 Å². The molecule has 0 atom stereocenters. The van der Waals surface area contributed by atoms with Gasteiger partial charge in [-0.25, -0.2) is 8.42 Å². The zero-order valence-electron chi connectivity index (χ0n) is 16.3. The number of amides is 1. The van der Waals surface area contributed by atoms with Crippen molar-refractivity contribution in [1.29, 1.82) is 0 Å².